The van der Waals surface area contributed by atoms with E-state index in [-0.39, 0.29) is 18.7 Å². The molecule has 0 aromatic heterocycles. The number of benzene rings is 2. The van der Waals surface area contributed by atoms with E-state index in [9.17, 15) is 19.2 Å². The van der Waals surface area contributed by atoms with Crippen molar-refractivity contribution >= 4 is 40.7 Å². The number of amides is 4. The molecule has 4 aliphatic heterocycles. The molecule has 36 heavy (non-hydrogen) atoms. The summed E-state index contributed by atoms with van der Waals surface area (Å²) in [5.74, 6) is -1.92. The Morgan fingerprint density at radius 1 is 0.778 bits per heavy atom. The second-order valence-corrected chi connectivity index (χ2v) is 9.85. The molecule has 10 nitrogen and oxygen atoms in total. The van der Waals surface area contributed by atoms with Gasteiger partial charge in [0.2, 0.25) is 11.8 Å². The molecule has 3 fully saturated rings. The largest absolute Gasteiger partial charge is 0.399 e. The van der Waals surface area contributed by atoms with Crippen molar-refractivity contribution in [2.75, 3.05) is 54.8 Å². The predicted octanol–water partition coefficient (Wildman–Crippen LogP) is 0.681. The van der Waals surface area contributed by atoms with E-state index in [0.717, 1.165) is 55.5 Å². The Morgan fingerprint density at radius 2 is 1.44 bits per heavy atom. The maximum Gasteiger partial charge on any atom is 0.262 e. The smallest absolute Gasteiger partial charge is 0.262 e. The monoisotopic (exact) mass is 488 g/mol. The fourth-order valence-electron chi connectivity index (χ4n) is 5.58. The number of piperidine rings is 1. The molecule has 0 bridgehead atoms. The minimum atomic E-state index is -0.946. The molecule has 0 aliphatic carbocycles. The van der Waals surface area contributed by atoms with Gasteiger partial charge in [-0.15, -0.1) is 0 Å². The van der Waals surface area contributed by atoms with Crippen LogP contribution in [0, 0.1) is 0 Å². The van der Waals surface area contributed by atoms with Crippen LogP contribution < -0.4 is 20.9 Å². The van der Waals surface area contributed by atoms with Crippen molar-refractivity contribution in [3.8, 4) is 0 Å². The van der Waals surface area contributed by atoms with Crippen molar-refractivity contribution in [1.82, 2.24) is 15.1 Å². The Kier molecular flexibility index (Phi) is 5.40. The summed E-state index contributed by atoms with van der Waals surface area (Å²) in [6.45, 7) is 5.62. The maximum absolute atomic E-state index is 13.1. The summed E-state index contributed by atoms with van der Waals surface area (Å²) >= 11 is 0. The van der Waals surface area contributed by atoms with Gasteiger partial charge in [0.25, 0.3) is 11.8 Å². The molecule has 6 rings (SSSR count). The first-order valence-corrected chi connectivity index (χ1v) is 12.3. The molecule has 4 heterocycles. The lowest BCUT2D eigenvalue weighted by molar-refractivity contribution is -0.136. The summed E-state index contributed by atoms with van der Waals surface area (Å²) in [4.78, 5) is 57.9. The molecule has 4 amide bonds. The van der Waals surface area contributed by atoms with Crippen molar-refractivity contribution in [2.24, 2.45) is 0 Å². The second kappa shape index (κ2) is 8.63. The van der Waals surface area contributed by atoms with Crippen molar-refractivity contribution < 1.29 is 19.2 Å². The van der Waals surface area contributed by atoms with Gasteiger partial charge >= 0.3 is 0 Å². The number of hydrogen-bond acceptors (Lipinski definition) is 8. The molecule has 2 aromatic carbocycles. The molecule has 0 saturated carbocycles. The van der Waals surface area contributed by atoms with E-state index >= 15 is 0 Å². The number of hydrogen-bond donors (Lipinski definition) is 2. The zero-order valence-electron chi connectivity index (χ0n) is 19.9. The molecule has 186 valence electrons. The van der Waals surface area contributed by atoms with Crippen LogP contribution >= 0.6 is 0 Å². The number of nitrogens with one attached hydrogen (secondary N) is 1. The van der Waals surface area contributed by atoms with Crippen molar-refractivity contribution in [3.63, 3.8) is 0 Å². The average Bonchev–Trinajstić information content (AvgIpc) is 3.09. The number of fused-ring (bicyclic) bond motifs is 1. The Morgan fingerprint density at radius 3 is 2.14 bits per heavy atom. The van der Waals surface area contributed by atoms with Gasteiger partial charge in [0.05, 0.1) is 11.1 Å². The van der Waals surface area contributed by atoms with Crippen LogP contribution in [0.4, 0.5) is 17.1 Å². The van der Waals surface area contributed by atoms with Gasteiger partial charge < -0.3 is 15.5 Å². The molecule has 10 heteroatoms. The number of rotatable bonds is 4. The number of nitrogens with two attached hydrogens (primary N) is 1. The number of anilines is 3. The lowest BCUT2D eigenvalue weighted by Crippen LogP contribution is -2.63. The molecule has 1 atom stereocenters. The Bertz CT molecular complexity index is 1250. The van der Waals surface area contributed by atoms with Crippen LogP contribution in [0.2, 0.25) is 0 Å². The molecule has 3 N–H and O–H groups in total. The number of carbonyl (C=O) groups is 4. The number of carbonyl (C=O) groups excluding carboxylic acids is 4. The van der Waals surface area contributed by atoms with Crippen LogP contribution in [-0.4, -0.2) is 84.8 Å². The lowest BCUT2D eigenvalue weighted by atomic mass is 10.0. The van der Waals surface area contributed by atoms with Crippen LogP contribution in [0.5, 0.6) is 0 Å². The third kappa shape index (κ3) is 3.78. The topological polar surface area (TPSA) is 119 Å². The van der Waals surface area contributed by atoms with E-state index in [2.05, 4.69) is 32.1 Å². The van der Waals surface area contributed by atoms with Crippen LogP contribution in [0.3, 0.4) is 0 Å². The summed E-state index contributed by atoms with van der Waals surface area (Å²) in [6.07, 6.45) is 0.265. The first-order valence-electron chi connectivity index (χ1n) is 12.3. The van der Waals surface area contributed by atoms with Crippen LogP contribution in [0.25, 0.3) is 0 Å². The average molecular weight is 489 g/mol. The lowest BCUT2D eigenvalue weighted by Gasteiger charge is -2.49. The van der Waals surface area contributed by atoms with Crippen molar-refractivity contribution in [2.45, 2.75) is 24.9 Å². The molecule has 0 radical (unpaired) electrons. The number of nitrogen functional groups attached to an aromatic ring is 1. The molecule has 1 unspecified atom stereocenters. The van der Waals surface area contributed by atoms with Crippen molar-refractivity contribution in [1.29, 1.82) is 0 Å². The predicted molar refractivity (Wildman–Crippen MR) is 134 cm³/mol. The van der Waals surface area contributed by atoms with Crippen LogP contribution in [0.15, 0.2) is 42.5 Å². The third-order valence-corrected chi connectivity index (χ3v) is 7.74. The first-order chi connectivity index (χ1) is 17.4. The summed E-state index contributed by atoms with van der Waals surface area (Å²) in [6, 6.07) is 12.8. The Balaban J connectivity index is 1.07. The highest BCUT2D eigenvalue weighted by molar-refractivity contribution is 6.23. The van der Waals surface area contributed by atoms with Crippen LogP contribution in [0.1, 0.15) is 33.6 Å². The van der Waals surface area contributed by atoms with E-state index in [1.165, 1.54) is 5.69 Å². The van der Waals surface area contributed by atoms with Gasteiger partial charge in [0, 0.05) is 68.8 Å². The molecule has 2 aromatic rings. The SMILES string of the molecule is Nc1ccc(N2CCN(C3CN(c4ccc5c(c4)C(=O)N(C4CCC(=O)NC4=O)C5=O)C3)CC2)cc1. The van der Waals surface area contributed by atoms with E-state index < -0.39 is 23.8 Å². The van der Waals surface area contributed by atoms with E-state index in [1.807, 2.05) is 18.2 Å². The number of imide groups is 2. The van der Waals surface area contributed by atoms with Gasteiger partial charge in [-0.2, -0.15) is 0 Å². The summed E-state index contributed by atoms with van der Waals surface area (Å²) in [7, 11) is 0. The third-order valence-electron chi connectivity index (χ3n) is 7.74. The van der Waals surface area contributed by atoms with Gasteiger partial charge in [-0.1, -0.05) is 0 Å². The molecule has 3 saturated heterocycles. The van der Waals surface area contributed by atoms with E-state index in [4.69, 9.17) is 5.73 Å². The minimum Gasteiger partial charge on any atom is -0.399 e. The second-order valence-electron chi connectivity index (χ2n) is 9.85. The highest BCUT2D eigenvalue weighted by Crippen LogP contribution is 2.33. The Hall–Kier alpha value is -3.92. The standard InChI is InChI=1S/C26H28N6O4/c27-16-1-3-17(4-2-16)29-9-11-30(12-10-29)19-14-31(15-19)18-5-6-20-21(13-18)26(36)32(25(20)35)22-7-8-23(33)28-24(22)34/h1-6,13,19,22H,7-12,14-15,27H2,(H,28,33,34). The highest BCUT2D eigenvalue weighted by Gasteiger charge is 2.45. The first kappa shape index (κ1) is 22.5. The van der Waals surface area contributed by atoms with Gasteiger partial charge in [0.15, 0.2) is 0 Å². The quantitative estimate of drug-likeness (QED) is 0.477. The van der Waals surface area contributed by atoms with Gasteiger partial charge in [-0.25, -0.2) is 0 Å². The summed E-state index contributed by atoms with van der Waals surface area (Å²) in [5, 5.41) is 2.23. The van der Waals surface area contributed by atoms with Crippen LogP contribution in [-0.2, 0) is 9.59 Å². The summed E-state index contributed by atoms with van der Waals surface area (Å²) in [5.41, 5.74) is 9.30. The summed E-state index contributed by atoms with van der Waals surface area (Å²) < 4.78 is 0. The van der Waals surface area contributed by atoms with E-state index in [1.54, 1.807) is 12.1 Å². The highest BCUT2D eigenvalue weighted by atomic mass is 16.2. The maximum atomic E-state index is 13.1. The zero-order chi connectivity index (χ0) is 25.0. The van der Waals surface area contributed by atoms with E-state index in [0.29, 0.717) is 17.2 Å². The Labute approximate surface area is 208 Å². The minimum absolute atomic E-state index is 0.110. The van der Waals surface area contributed by atoms with Gasteiger partial charge in [0.1, 0.15) is 6.04 Å². The number of nitrogens with zero attached hydrogens (tertiary/aromatic N) is 4. The molecule has 0 spiro atoms. The molecule has 4 aliphatic rings. The normalized spacial score (nSPS) is 23.1. The number of piperazine rings is 1. The zero-order valence-corrected chi connectivity index (χ0v) is 19.9. The molecular formula is C26H28N6O4. The molecular weight excluding hydrogens is 460 g/mol. The fourth-order valence-corrected chi connectivity index (χ4v) is 5.58. The van der Waals surface area contributed by atoms with Gasteiger partial charge in [-0.3, -0.25) is 34.3 Å². The van der Waals surface area contributed by atoms with Gasteiger partial charge in [-0.05, 0) is 48.9 Å². The fraction of sp³-hybridized carbons (Fsp3) is 0.385. The van der Waals surface area contributed by atoms with Crippen molar-refractivity contribution in [3.05, 3.63) is 53.6 Å².